The molecular weight excluding hydrogens is 428 g/mol. The molecule has 0 bridgehead atoms. The number of carbonyl (C=O) groups is 2. The van der Waals surface area contributed by atoms with E-state index in [-0.39, 0.29) is 17.4 Å². The van der Waals surface area contributed by atoms with Gasteiger partial charge in [-0.2, -0.15) is 0 Å². The average molecular weight is 449 g/mol. The smallest absolute Gasteiger partial charge is 0.348 e. The Morgan fingerprint density at radius 3 is 2.40 bits per heavy atom. The highest BCUT2D eigenvalue weighted by atomic mass is 32.2. The third-order valence-electron chi connectivity index (χ3n) is 4.16. The van der Waals surface area contributed by atoms with Crippen molar-refractivity contribution >= 4 is 49.0 Å². The number of anilines is 1. The number of ether oxygens (including phenoxy) is 2. The lowest BCUT2D eigenvalue weighted by molar-refractivity contribution is -0.118. The third-order valence-corrected chi connectivity index (χ3v) is 7.08. The fraction of sp³-hybridized carbons (Fsp3) is 0.200. The first kappa shape index (κ1) is 21.8. The molecule has 3 rings (SSSR count). The summed E-state index contributed by atoms with van der Waals surface area (Å²) in [5.74, 6) is -0.402. The number of amides is 1. The van der Waals surface area contributed by atoms with Crippen molar-refractivity contribution in [3.05, 3.63) is 53.4 Å². The van der Waals surface area contributed by atoms with Crippen molar-refractivity contribution in [3.63, 3.8) is 0 Å². The van der Waals surface area contributed by atoms with Crippen LogP contribution in [0.4, 0.5) is 5.69 Å². The number of methoxy groups -OCH3 is 1. The molecule has 0 aliphatic rings. The van der Waals surface area contributed by atoms with Crippen LogP contribution in [0.1, 0.15) is 9.67 Å². The van der Waals surface area contributed by atoms with Crippen LogP contribution in [0.2, 0.25) is 0 Å². The number of nitrogens with one attached hydrogen (secondary N) is 1. The number of carbonyl (C=O) groups excluding carboxylic acids is 2. The second-order valence-corrected chi connectivity index (χ2v) is 9.69. The highest BCUT2D eigenvalue weighted by molar-refractivity contribution is 7.89. The molecule has 0 aliphatic heterocycles. The number of benzene rings is 2. The maximum absolute atomic E-state index is 12.2. The second-order valence-electron chi connectivity index (χ2n) is 6.45. The van der Waals surface area contributed by atoms with Crippen LogP contribution in [0, 0.1) is 0 Å². The molecule has 0 saturated heterocycles. The lowest BCUT2D eigenvalue weighted by Gasteiger charge is -2.12. The standard InChI is InChI=1S/C20H20N2O6S2/c1-22(2)30(25,26)16-7-5-15(6-8-16)28-12-19(23)21-14-4-9-17-13(10-14)11-18(29-17)20(24)27-3/h4-11H,12H2,1-3H3,(H,21,23). The zero-order valence-electron chi connectivity index (χ0n) is 16.5. The molecule has 1 heterocycles. The summed E-state index contributed by atoms with van der Waals surface area (Å²) in [6.45, 7) is -0.241. The predicted molar refractivity (Wildman–Crippen MR) is 115 cm³/mol. The van der Waals surface area contributed by atoms with E-state index in [0.717, 1.165) is 14.4 Å². The van der Waals surface area contributed by atoms with Gasteiger partial charge in [0.05, 0.1) is 12.0 Å². The molecule has 8 nitrogen and oxygen atoms in total. The minimum atomic E-state index is -3.52. The van der Waals surface area contributed by atoms with Gasteiger partial charge < -0.3 is 14.8 Å². The Balaban J connectivity index is 1.61. The van der Waals surface area contributed by atoms with Gasteiger partial charge in [-0.15, -0.1) is 11.3 Å². The normalized spacial score (nSPS) is 11.5. The van der Waals surface area contributed by atoms with Gasteiger partial charge in [-0.25, -0.2) is 17.5 Å². The largest absolute Gasteiger partial charge is 0.484 e. The number of hydrogen-bond donors (Lipinski definition) is 1. The minimum Gasteiger partial charge on any atom is -0.484 e. The molecule has 3 aromatic rings. The SMILES string of the molecule is COC(=O)c1cc2cc(NC(=O)COc3ccc(S(=O)(=O)N(C)C)cc3)ccc2s1. The van der Waals surface area contributed by atoms with E-state index in [1.165, 1.54) is 56.8 Å². The Kier molecular flexibility index (Phi) is 6.40. The Bertz CT molecular complexity index is 1180. The summed E-state index contributed by atoms with van der Waals surface area (Å²) in [4.78, 5) is 24.5. The number of sulfonamides is 1. The van der Waals surface area contributed by atoms with Crippen LogP contribution in [0.5, 0.6) is 5.75 Å². The van der Waals surface area contributed by atoms with E-state index >= 15 is 0 Å². The molecule has 0 saturated carbocycles. The predicted octanol–water partition coefficient (Wildman–Crippen LogP) is 2.96. The average Bonchev–Trinajstić information content (AvgIpc) is 3.15. The molecule has 0 aliphatic carbocycles. The molecule has 0 radical (unpaired) electrons. The van der Waals surface area contributed by atoms with Gasteiger partial charge in [-0.3, -0.25) is 4.79 Å². The molecule has 1 aromatic heterocycles. The lowest BCUT2D eigenvalue weighted by Crippen LogP contribution is -2.22. The van der Waals surface area contributed by atoms with Crippen molar-refractivity contribution in [1.82, 2.24) is 4.31 Å². The summed E-state index contributed by atoms with van der Waals surface area (Å²) in [6.07, 6.45) is 0. The van der Waals surface area contributed by atoms with Crippen LogP contribution >= 0.6 is 11.3 Å². The topological polar surface area (TPSA) is 102 Å². The summed E-state index contributed by atoms with van der Waals surface area (Å²) in [6, 6.07) is 12.9. The van der Waals surface area contributed by atoms with Crippen molar-refractivity contribution in [1.29, 1.82) is 0 Å². The Hall–Kier alpha value is -2.95. The van der Waals surface area contributed by atoms with E-state index in [1.807, 2.05) is 6.07 Å². The van der Waals surface area contributed by atoms with E-state index < -0.39 is 16.0 Å². The first-order valence-electron chi connectivity index (χ1n) is 8.78. The molecule has 158 valence electrons. The van der Waals surface area contributed by atoms with Crippen LogP contribution in [0.3, 0.4) is 0 Å². The Labute approximate surface area is 178 Å². The van der Waals surface area contributed by atoms with Crippen molar-refractivity contribution in [3.8, 4) is 5.75 Å². The summed E-state index contributed by atoms with van der Waals surface area (Å²) in [5, 5.41) is 3.55. The monoisotopic (exact) mass is 448 g/mol. The minimum absolute atomic E-state index is 0.139. The van der Waals surface area contributed by atoms with Crippen molar-refractivity contribution in [2.45, 2.75) is 4.90 Å². The van der Waals surface area contributed by atoms with Crippen LogP contribution in [-0.2, 0) is 19.6 Å². The summed E-state index contributed by atoms with van der Waals surface area (Å²) in [5.41, 5.74) is 0.567. The van der Waals surface area contributed by atoms with Gasteiger partial charge in [0.15, 0.2) is 6.61 Å². The number of thiophene rings is 1. The molecule has 2 aromatic carbocycles. The second kappa shape index (κ2) is 8.82. The van der Waals surface area contributed by atoms with Crippen molar-refractivity contribution < 1.29 is 27.5 Å². The van der Waals surface area contributed by atoms with E-state index in [0.29, 0.717) is 16.3 Å². The van der Waals surface area contributed by atoms with Crippen LogP contribution in [-0.4, -0.2) is 52.4 Å². The fourth-order valence-electron chi connectivity index (χ4n) is 2.59. The molecule has 0 spiro atoms. The van der Waals surface area contributed by atoms with Crippen molar-refractivity contribution in [2.24, 2.45) is 0 Å². The highest BCUT2D eigenvalue weighted by Gasteiger charge is 2.17. The first-order valence-corrected chi connectivity index (χ1v) is 11.0. The van der Waals surface area contributed by atoms with Crippen LogP contribution in [0.25, 0.3) is 10.1 Å². The Morgan fingerprint density at radius 2 is 1.77 bits per heavy atom. The molecule has 10 heteroatoms. The van der Waals surface area contributed by atoms with Crippen LogP contribution in [0.15, 0.2) is 53.4 Å². The first-order chi connectivity index (χ1) is 14.2. The van der Waals surface area contributed by atoms with Gasteiger partial charge in [0.2, 0.25) is 10.0 Å². The molecule has 30 heavy (non-hydrogen) atoms. The molecule has 0 fully saturated rings. The van der Waals surface area contributed by atoms with Gasteiger partial charge in [0.25, 0.3) is 5.91 Å². The van der Waals surface area contributed by atoms with Gasteiger partial charge in [0, 0.05) is 24.5 Å². The van der Waals surface area contributed by atoms with E-state index in [4.69, 9.17) is 9.47 Å². The number of rotatable bonds is 7. The zero-order valence-corrected chi connectivity index (χ0v) is 18.2. The zero-order chi connectivity index (χ0) is 21.9. The highest BCUT2D eigenvalue weighted by Crippen LogP contribution is 2.28. The van der Waals surface area contributed by atoms with Gasteiger partial charge in [-0.1, -0.05) is 0 Å². The third kappa shape index (κ3) is 4.78. The van der Waals surface area contributed by atoms with E-state index in [2.05, 4.69) is 5.32 Å². The van der Waals surface area contributed by atoms with Gasteiger partial charge in [-0.05, 0) is 53.9 Å². The molecule has 1 N–H and O–H groups in total. The van der Waals surface area contributed by atoms with Crippen LogP contribution < -0.4 is 10.1 Å². The molecule has 1 amide bonds. The quantitative estimate of drug-likeness (QED) is 0.558. The lowest BCUT2D eigenvalue weighted by atomic mass is 10.2. The van der Waals surface area contributed by atoms with Gasteiger partial charge in [0.1, 0.15) is 10.6 Å². The Morgan fingerprint density at radius 1 is 1.07 bits per heavy atom. The summed E-state index contributed by atoms with van der Waals surface area (Å²) in [7, 11) is 0.712. The number of esters is 1. The number of nitrogens with zero attached hydrogens (tertiary/aromatic N) is 1. The number of fused-ring (bicyclic) bond motifs is 1. The number of hydrogen-bond acceptors (Lipinski definition) is 7. The molecular formula is C20H20N2O6S2. The maximum atomic E-state index is 12.2. The summed E-state index contributed by atoms with van der Waals surface area (Å²) < 4.78 is 36.3. The van der Waals surface area contributed by atoms with Gasteiger partial charge >= 0.3 is 5.97 Å². The molecule has 0 unspecified atom stereocenters. The fourth-order valence-corrected chi connectivity index (χ4v) is 4.45. The maximum Gasteiger partial charge on any atom is 0.348 e. The molecule has 0 atom stereocenters. The van der Waals surface area contributed by atoms with E-state index in [9.17, 15) is 18.0 Å². The summed E-state index contributed by atoms with van der Waals surface area (Å²) >= 11 is 1.31. The van der Waals surface area contributed by atoms with Crippen molar-refractivity contribution in [2.75, 3.05) is 33.1 Å². The van der Waals surface area contributed by atoms with E-state index in [1.54, 1.807) is 18.2 Å².